The highest BCUT2D eigenvalue weighted by Crippen LogP contribution is 2.48. The van der Waals surface area contributed by atoms with Crippen molar-refractivity contribution in [1.82, 2.24) is 5.32 Å². The molecule has 0 radical (unpaired) electrons. The summed E-state index contributed by atoms with van der Waals surface area (Å²) in [5, 5.41) is 3.06. The van der Waals surface area contributed by atoms with E-state index in [0.29, 0.717) is 24.4 Å². The van der Waals surface area contributed by atoms with Crippen LogP contribution >= 0.6 is 12.2 Å². The summed E-state index contributed by atoms with van der Waals surface area (Å²) in [6.07, 6.45) is 4.62. The fraction of sp³-hybridized carbons (Fsp3) is 0.857. The van der Waals surface area contributed by atoms with Crippen molar-refractivity contribution in [3.05, 3.63) is 0 Å². The SMILES string of the molecule is CCC(CC)(C(=O)NCC1(CCOC)CC1)C(N)=S. The van der Waals surface area contributed by atoms with Gasteiger partial charge in [0.15, 0.2) is 0 Å². The van der Waals surface area contributed by atoms with Crippen molar-refractivity contribution in [2.24, 2.45) is 16.6 Å². The Morgan fingerprint density at radius 1 is 1.42 bits per heavy atom. The lowest BCUT2D eigenvalue weighted by atomic mass is 9.81. The van der Waals surface area contributed by atoms with Crippen LogP contribution in [0, 0.1) is 10.8 Å². The number of carbonyl (C=O) groups is 1. The molecular formula is C14H26N2O2S. The van der Waals surface area contributed by atoms with Crippen molar-refractivity contribution < 1.29 is 9.53 Å². The highest BCUT2D eigenvalue weighted by Gasteiger charge is 2.44. The van der Waals surface area contributed by atoms with Gasteiger partial charge in [0.2, 0.25) is 5.91 Å². The second-order valence-electron chi connectivity index (χ2n) is 5.58. The summed E-state index contributed by atoms with van der Waals surface area (Å²) in [6, 6.07) is 0. The molecule has 5 heteroatoms. The van der Waals surface area contributed by atoms with Crippen molar-refractivity contribution in [1.29, 1.82) is 0 Å². The molecule has 19 heavy (non-hydrogen) atoms. The van der Waals surface area contributed by atoms with Crippen molar-refractivity contribution >= 4 is 23.1 Å². The third-order valence-corrected chi connectivity index (χ3v) is 4.92. The average Bonchev–Trinajstić information content (AvgIpc) is 3.16. The summed E-state index contributed by atoms with van der Waals surface area (Å²) in [5.74, 6) is -0.0197. The maximum Gasteiger partial charge on any atom is 0.233 e. The second-order valence-corrected chi connectivity index (χ2v) is 6.02. The Hall–Kier alpha value is -0.680. The van der Waals surface area contributed by atoms with Crippen molar-refractivity contribution in [3.63, 3.8) is 0 Å². The van der Waals surface area contributed by atoms with Gasteiger partial charge in [-0.2, -0.15) is 0 Å². The molecule has 0 aliphatic heterocycles. The molecule has 1 saturated carbocycles. The van der Waals surface area contributed by atoms with Crippen molar-refractivity contribution in [2.45, 2.75) is 46.0 Å². The Bertz CT molecular complexity index is 336. The zero-order chi connectivity index (χ0) is 14.5. The van der Waals surface area contributed by atoms with Gasteiger partial charge < -0.3 is 15.8 Å². The first-order chi connectivity index (χ1) is 8.96. The number of amides is 1. The van der Waals surface area contributed by atoms with E-state index in [9.17, 15) is 4.79 Å². The lowest BCUT2D eigenvalue weighted by Crippen LogP contribution is -2.49. The molecule has 110 valence electrons. The lowest BCUT2D eigenvalue weighted by Gasteiger charge is -2.30. The molecule has 4 nitrogen and oxygen atoms in total. The molecule has 0 unspecified atom stereocenters. The number of hydrogen-bond acceptors (Lipinski definition) is 3. The van der Waals surface area contributed by atoms with Gasteiger partial charge in [0.25, 0.3) is 0 Å². The Labute approximate surface area is 121 Å². The largest absolute Gasteiger partial charge is 0.392 e. The Kier molecular flexibility index (Phi) is 5.74. The van der Waals surface area contributed by atoms with Crippen LogP contribution in [0.3, 0.4) is 0 Å². The number of nitrogens with two attached hydrogens (primary N) is 1. The van der Waals surface area contributed by atoms with Gasteiger partial charge in [-0.05, 0) is 37.5 Å². The summed E-state index contributed by atoms with van der Waals surface area (Å²) in [4.78, 5) is 12.7. The third-order valence-electron chi connectivity index (χ3n) is 4.53. The van der Waals surface area contributed by atoms with Gasteiger partial charge in [-0.3, -0.25) is 4.79 Å². The fourth-order valence-corrected chi connectivity index (χ4v) is 2.86. The van der Waals surface area contributed by atoms with Crippen LogP contribution in [-0.4, -0.2) is 31.2 Å². The Morgan fingerprint density at radius 2 is 2.00 bits per heavy atom. The molecule has 3 N–H and O–H groups in total. The van der Waals surface area contributed by atoms with Crippen molar-refractivity contribution in [3.8, 4) is 0 Å². The maximum absolute atomic E-state index is 12.4. The summed E-state index contributed by atoms with van der Waals surface area (Å²) < 4.78 is 5.12. The molecule has 0 aromatic heterocycles. The summed E-state index contributed by atoms with van der Waals surface area (Å²) in [5.41, 5.74) is 5.34. The monoisotopic (exact) mass is 286 g/mol. The van der Waals surface area contributed by atoms with E-state index in [4.69, 9.17) is 22.7 Å². The minimum atomic E-state index is -0.688. The van der Waals surface area contributed by atoms with Crippen LogP contribution in [0.25, 0.3) is 0 Å². The summed E-state index contributed by atoms with van der Waals surface area (Å²) >= 11 is 5.09. The smallest absolute Gasteiger partial charge is 0.233 e. The minimum absolute atomic E-state index is 0.0197. The predicted molar refractivity (Wildman–Crippen MR) is 81.0 cm³/mol. The van der Waals surface area contributed by atoms with Crippen LogP contribution in [0.15, 0.2) is 0 Å². The highest BCUT2D eigenvalue weighted by atomic mass is 32.1. The number of rotatable bonds is 9. The van der Waals surface area contributed by atoms with Gasteiger partial charge in [-0.25, -0.2) is 0 Å². The first-order valence-corrected chi connectivity index (χ1v) is 7.44. The molecule has 0 atom stereocenters. The first-order valence-electron chi connectivity index (χ1n) is 7.03. The van der Waals surface area contributed by atoms with E-state index < -0.39 is 5.41 Å². The van der Waals surface area contributed by atoms with Crippen LogP contribution < -0.4 is 11.1 Å². The minimum Gasteiger partial charge on any atom is -0.392 e. The Balaban J connectivity index is 2.56. The lowest BCUT2D eigenvalue weighted by molar-refractivity contribution is -0.128. The molecule has 1 fully saturated rings. The molecule has 1 rings (SSSR count). The van der Waals surface area contributed by atoms with E-state index in [2.05, 4.69) is 5.32 Å². The van der Waals surface area contributed by atoms with E-state index in [1.54, 1.807) is 7.11 Å². The zero-order valence-corrected chi connectivity index (χ0v) is 13.1. The van der Waals surface area contributed by atoms with Crippen molar-refractivity contribution in [2.75, 3.05) is 20.3 Å². The number of nitrogens with one attached hydrogen (secondary N) is 1. The zero-order valence-electron chi connectivity index (χ0n) is 12.3. The van der Waals surface area contributed by atoms with Gasteiger partial charge in [-0.1, -0.05) is 26.1 Å². The summed E-state index contributed by atoms with van der Waals surface area (Å²) in [7, 11) is 1.71. The quantitative estimate of drug-likeness (QED) is 0.636. The highest BCUT2D eigenvalue weighted by molar-refractivity contribution is 7.80. The molecule has 0 aromatic carbocycles. The van der Waals surface area contributed by atoms with Gasteiger partial charge >= 0.3 is 0 Å². The molecule has 0 aromatic rings. The van der Waals surface area contributed by atoms with Crippen LogP contribution in [0.4, 0.5) is 0 Å². The Morgan fingerprint density at radius 3 is 2.37 bits per heavy atom. The van der Waals surface area contributed by atoms with Gasteiger partial charge in [0.05, 0.1) is 10.4 Å². The third kappa shape index (κ3) is 3.66. The number of ether oxygens (including phenoxy) is 1. The maximum atomic E-state index is 12.4. The molecule has 0 spiro atoms. The van der Waals surface area contributed by atoms with E-state index >= 15 is 0 Å². The standard InChI is InChI=1S/C14H26N2O2S/c1-4-14(5-2,11(15)19)12(17)16-10-13(6-7-13)8-9-18-3/h4-10H2,1-3H3,(H2,15,19)(H,16,17). The normalized spacial score (nSPS) is 17.0. The second kappa shape index (κ2) is 6.66. The number of carbonyl (C=O) groups excluding carboxylic acids is 1. The van der Waals surface area contributed by atoms with E-state index in [1.807, 2.05) is 13.8 Å². The van der Waals surface area contributed by atoms with Gasteiger partial charge in [0, 0.05) is 20.3 Å². The van der Waals surface area contributed by atoms with E-state index in [0.717, 1.165) is 25.9 Å². The number of hydrogen-bond donors (Lipinski definition) is 2. The topological polar surface area (TPSA) is 64.3 Å². The molecule has 0 bridgehead atoms. The fourth-order valence-electron chi connectivity index (χ4n) is 2.48. The molecule has 1 aliphatic rings. The predicted octanol–water partition coefficient (Wildman–Crippen LogP) is 2.01. The molecular weight excluding hydrogens is 260 g/mol. The average molecular weight is 286 g/mol. The van der Waals surface area contributed by atoms with E-state index in [-0.39, 0.29) is 11.3 Å². The van der Waals surface area contributed by atoms with Gasteiger partial charge in [0.1, 0.15) is 0 Å². The first kappa shape index (κ1) is 16.4. The molecule has 1 aliphatic carbocycles. The van der Waals surface area contributed by atoms with Crippen LogP contribution in [0.1, 0.15) is 46.0 Å². The van der Waals surface area contributed by atoms with Gasteiger partial charge in [-0.15, -0.1) is 0 Å². The number of thiocarbonyl (C=S) groups is 1. The van der Waals surface area contributed by atoms with Crippen LogP contribution in [-0.2, 0) is 9.53 Å². The summed E-state index contributed by atoms with van der Waals surface area (Å²) in [6.45, 7) is 5.37. The van der Waals surface area contributed by atoms with Crippen LogP contribution in [0.2, 0.25) is 0 Å². The molecule has 1 amide bonds. The number of methoxy groups -OCH3 is 1. The molecule has 0 heterocycles. The van der Waals surface area contributed by atoms with Crippen LogP contribution in [0.5, 0.6) is 0 Å². The molecule has 0 saturated heterocycles. The van der Waals surface area contributed by atoms with E-state index in [1.165, 1.54) is 0 Å².